The number of aryl methyl sites for hydroxylation is 1. The third-order valence-electron chi connectivity index (χ3n) is 5.23. The molecule has 1 aliphatic heterocycles. The SMILES string of the molecule is Cn1nc(-c2ccccc2)c(C(=O)/C=C/c2ccc(Cl)cc2)c(N2CCCC2)c1=O. The number of aromatic nitrogens is 2. The van der Waals surface area contributed by atoms with Crippen LogP contribution in [0.1, 0.15) is 28.8 Å². The van der Waals surface area contributed by atoms with Gasteiger partial charge in [0.2, 0.25) is 0 Å². The smallest absolute Gasteiger partial charge is 0.290 e. The third-order valence-corrected chi connectivity index (χ3v) is 5.49. The monoisotopic (exact) mass is 419 g/mol. The number of benzene rings is 2. The molecule has 152 valence electrons. The highest BCUT2D eigenvalue weighted by atomic mass is 35.5. The van der Waals surface area contributed by atoms with Gasteiger partial charge in [0.25, 0.3) is 5.56 Å². The molecular formula is C24H22ClN3O2. The van der Waals surface area contributed by atoms with Gasteiger partial charge in [-0.2, -0.15) is 5.10 Å². The molecule has 30 heavy (non-hydrogen) atoms. The summed E-state index contributed by atoms with van der Waals surface area (Å²) in [7, 11) is 1.63. The number of rotatable bonds is 5. The van der Waals surface area contributed by atoms with Crippen molar-refractivity contribution in [3.05, 3.63) is 87.2 Å². The van der Waals surface area contributed by atoms with Crippen LogP contribution in [-0.2, 0) is 7.05 Å². The van der Waals surface area contributed by atoms with Crippen molar-refractivity contribution in [2.24, 2.45) is 7.05 Å². The van der Waals surface area contributed by atoms with E-state index in [-0.39, 0.29) is 11.3 Å². The van der Waals surface area contributed by atoms with Gasteiger partial charge >= 0.3 is 0 Å². The van der Waals surface area contributed by atoms with Crippen LogP contribution in [0.3, 0.4) is 0 Å². The van der Waals surface area contributed by atoms with Gasteiger partial charge in [0.15, 0.2) is 5.78 Å². The Hall–Kier alpha value is -3.18. The van der Waals surface area contributed by atoms with Gasteiger partial charge in [-0.1, -0.05) is 60.1 Å². The second kappa shape index (κ2) is 8.67. The van der Waals surface area contributed by atoms with Gasteiger partial charge in [0.1, 0.15) is 11.4 Å². The number of hydrogen-bond donors (Lipinski definition) is 0. The minimum Gasteiger partial charge on any atom is -0.366 e. The Balaban J connectivity index is 1.86. The minimum atomic E-state index is -0.250. The van der Waals surface area contributed by atoms with Crippen LogP contribution in [0.25, 0.3) is 17.3 Å². The van der Waals surface area contributed by atoms with Crippen molar-refractivity contribution in [2.75, 3.05) is 18.0 Å². The van der Waals surface area contributed by atoms with Crippen LogP contribution >= 0.6 is 11.6 Å². The number of allylic oxidation sites excluding steroid dienone is 1. The van der Waals surface area contributed by atoms with Gasteiger partial charge in [-0.15, -0.1) is 0 Å². The van der Waals surface area contributed by atoms with Crippen molar-refractivity contribution in [2.45, 2.75) is 12.8 Å². The van der Waals surface area contributed by atoms with E-state index in [1.54, 1.807) is 25.3 Å². The number of carbonyl (C=O) groups is 1. The molecule has 1 saturated heterocycles. The summed E-state index contributed by atoms with van der Waals surface area (Å²) in [6.07, 6.45) is 5.24. The maximum absolute atomic E-state index is 13.4. The van der Waals surface area contributed by atoms with Crippen molar-refractivity contribution in [1.82, 2.24) is 9.78 Å². The molecule has 0 radical (unpaired) electrons. The first-order chi connectivity index (χ1) is 14.5. The maximum atomic E-state index is 13.4. The molecule has 0 N–H and O–H groups in total. The van der Waals surface area contributed by atoms with E-state index >= 15 is 0 Å². The van der Waals surface area contributed by atoms with Crippen molar-refractivity contribution < 1.29 is 4.79 Å². The Morgan fingerprint density at radius 2 is 1.70 bits per heavy atom. The first-order valence-corrected chi connectivity index (χ1v) is 10.3. The van der Waals surface area contributed by atoms with Crippen LogP contribution in [0.15, 0.2) is 65.5 Å². The van der Waals surface area contributed by atoms with E-state index in [1.165, 1.54) is 10.8 Å². The number of halogens is 1. The molecule has 1 aromatic heterocycles. The van der Waals surface area contributed by atoms with Crippen LogP contribution in [0.5, 0.6) is 0 Å². The molecule has 0 bridgehead atoms. The Bertz CT molecular complexity index is 1150. The molecule has 1 fully saturated rings. The van der Waals surface area contributed by atoms with E-state index in [2.05, 4.69) is 5.10 Å². The lowest BCUT2D eigenvalue weighted by Gasteiger charge is -2.22. The van der Waals surface area contributed by atoms with Crippen molar-refractivity contribution in [1.29, 1.82) is 0 Å². The number of anilines is 1. The summed E-state index contributed by atoms with van der Waals surface area (Å²) in [6, 6.07) is 16.7. The van der Waals surface area contributed by atoms with Crippen LogP contribution in [0, 0.1) is 0 Å². The zero-order valence-electron chi connectivity index (χ0n) is 16.7. The zero-order valence-corrected chi connectivity index (χ0v) is 17.5. The normalized spacial score (nSPS) is 13.9. The van der Waals surface area contributed by atoms with Gasteiger partial charge in [-0.05, 0) is 36.6 Å². The maximum Gasteiger partial charge on any atom is 0.290 e. The molecule has 0 atom stereocenters. The predicted molar refractivity (Wildman–Crippen MR) is 121 cm³/mol. The number of ketones is 1. The summed E-state index contributed by atoms with van der Waals surface area (Å²) in [5.41, 5.74) is 2.72. The molecule has 0 unspecified atom stereocenters. The number of carbonyl (C=O) groups excluding carboxylic acids is 1. The van der Waals surface area contributed by atoms with Crippen LogP contribution in [0.4, 0.5) is 5.69 Å². The highest BCUT2D eigenvalue weighted by molar-refractivity contribution is 6.30. The molecule has 6 heteroatoms. The van der Waals surface area contributed by atoms with E-state index in [4.69, 9.17) is 11.6 Å². The minimum absolute atomic E-state index is 0.240. The largest absolute Gasteiger partial charge is 0.366 e. The fourth-order valence-electron chi connectivity index (χ4n) is 3.71. The molecule has 0 aliphatic carbocycles. The first-order valence-electron chi connectivity index (χ1n) is 9.94. The van der Waals surface area contributed by atoms with E-state index in [9.17, 15) is 9.59 Å². The Morgan fingerprint density at radius 1 is 1.03 bits per heavy atom. The average molecular weight is 420 g/mol. The highest BCUT2D eigenvalue weighted by Gasteiger charge is 2.27. The van der Waals surface area contributed by atoms with Gasteiger partial charge in [-0.25, -0.2) is 4.68 Å². The molecule has 0 spiro atoms. The van der Waals surface area contributed by atoms with Crippen LogP contribution in [0.2, 0.25) is 5.02 Å². The van der Waals surface area contributed by atoms with Crippen molar-refractivity contribution in [3.63, 3.8) is 0 Å². The Labute approximate surface area is 180 Å². The van der Waals surface area contributed by atoms with Crippen molar-refractivity contribution in [3.8, 4) is 11.3 Å². The average Bonchev–Trinajstić information content (AvgIpc) is 3.29. The molecule has 2 heterocycles. The van der Waals surface area contributed by atoms with E-state index in [1.807, 2.05) is 47.4 Å². The van der Waals surface area contributed by atoms with Crippen LogP contribution < -0.4 is 10.5 Å². The third kappa shape index (κ3) is 4.07. The lowest BCUT2D eigenvalue weighted by Crippen LogP contribution is -2.33. The first kappa shape index (κ1) is 20.1. The molecular weight excluding hydrogens is 398 g/mol. The second-order valence-electron chi connectivity index (χ2n) is 7.31. The topological polar surface area (TPSA) is 55.2 Å². The summed E-state index contributed by atoms with van der Waals surface area (Å²) >= 11 is 5.94. The summed E-state index contributed by atoms with van der Waals surface area (Å²) in [5.74, 6) is -0.240. The standard InChI is InChI=1S/C24H22ClN3O2/c1-27-24(30)23(28-15-5-6-16-28)21(22(26-27)18-7-3-2-4-8-18)20(29)14-11-17-9-12-19(25)13-10-17/h2-4,7-14H,5-6,15-16H2,1H3/b14-11+. The molecule has 4 rings (SSSR count). The molecule has 0 saturated carbocycles. The highest BCUT2D eigenvalue weighted by Crippen LogP contribution is 2.30. The quantitative estimate of drug-likeness (QED) is 0.448. The molecule has 1 aliphatic rings. The number of hydrogen-bond acceptors (Lipinski definition) is 4. The summed E-state index contributed by atoms with van der Waals surface area (Å²) in [4.78, 5) is 28.5. The van der Waals surface area contributed by atoms with E-state index < -0.39 is 0 Å². The Kier molecular flexibility index (Phi) is 5.81. The van der Waals surface area contributed by atoms with Gasteiger partial charge in [0, 0.05) is 30.7 Å². The van der Waals surface area contributed by atoms with E-state index in [0.717, 1.165) is 37.1 Å². The van der Waals surface area contributed by atoms with Gasteiger partial charge < -0.3 is 4.90 Å². The van der Waals surface area contributed by atoms with E-state index in [0.29, 0.717) is 22.0 Å². The summed E-state index contributed by atoms with van der Waals surface area (Å²) in [6.45, 7) is 1.52. The fourth-order valence-corrected chi connectivity index (χ4v) is 3.84. The number of nitrogens with zero attached hydrogens (tertiary/aromatic N) is 3. The van der Waals surface area contributed by atoms with Crippen LogP contribution in [-0.4, -0.2) is 28.7 Å². The fraction of sp³-hybridized carbons (Fsp3) is 0.208. The van der Waals surface area contributed by atoms with Crippen molar-refractivity contribution >= 4 is 29.1 Å². The summed E-state index contributed by atoms with van der Waals surface area (Å²) < 4.78 is 1.33. The Morgan fingerprint density at radius 3 is 2.37 bits per heavy atom. The lowest BCUT2D eigenvalue weighted by atomic mass is 10.00. The van der Waals surface area contributed by atoms with Gasteiger partial charge in [0.05, 0.1) is 5.56 Å². The molecule has 3 aromatic rings. The lowest BCUT2D eigenvalue weighted by molar-refractivity contribution is 0.104. The zero-order chi connectivity index (χ0) is 21.1. The molecule has 2 aromatic carbocycles. The summed E-state index contributed by atoms with van der Waals surface area (Å²) in [5, 5.41) is 5.10. The predicted octanol–water partition coefficient (Wildman–Crippen LogP) is 4.60. The second-order valence-corrected chi connectivity index (χ2v) is 7.75. The van der Waals surface area contributed by atoms with Gasteiger partial charge in [-0.3, -0.25) is 9.59 Å². The molecule has 0 amide bonds. The molecule has 5 nitrogen and oxygen atoms in total.